The molecule has 0 atom stereocenters. The van der Waals surface area contributed by atoms with E-state index in [-0.39, 0.29) is 0 Å². The molecule has 19 heavy (non-hydrogen) atoms. The Labute approximate surface area is 114 Å². The average Bonchev–Trinajstić information content (AvgIpc) is 2.69. The Balaban J connectivity index is 1.69. The van der Waals surface area contributed by atoms with Crippen LogP contribution in [0.1, 0.15) is 31.4 Å². The predicted octanol–water partition coefficient (Wildman–Crippen LogP) is 4.13. The summed E-state index contributed by atoms with van der Waals surface area (Å²) in [6.07, 6.45) is 7.66. The van der Waals surface area contributed by atoms with Crippen LogP contribution in [0, 0.1) is 12.8 Å². The first-order chi connectivity index (χ1) is 9.31. The minimum Gasteiger partial charge on any atom is -0.326 e. The van der Waals surface area contributed by atoms with Crippen LogP contribution < -0.4 is 5.32 Å². The molecule has 1 N–H and O–H groups in total. The lowest BCUT2D eigenvalue weighted by atomic mass is 9.83. The fraction of sp³-hybridized carbons (Fsp3) is 0.438. The number of aryl methyl sites for hydroxylation is 2. The van der Waals surface area contributed by atoms with Crippen molar-refractivity contribution in [2.24, 2.45) is 5.92 Å². The minimum atomic E-state index is 0.937. The third-order valence-corrected chi connectivity index (χ3v) is 3.93. The molecule has 3 rings (SSSR count). The van der Waals surface area contributed by atoms with Gasteiger partial charge in [-0.1, -0.05) is 37.5 Å². The van der Waals surface area contributed by atoms with Gasteiger partial charge in [-0.2, -0.15) is 0 Å². The maximum atomic E-state index is 4.58. The largest absolute Gasteiger partial charge is 0.326 e. The van der Waals surface area contributed by atoms with Crippen LogP contribution in [-0.2, 0) is 6.54 Å². The van der Waals surface area contributed by atoms with Crippen molar-refractivity contribution >= 4 is 11.6 Å². The molecule has 1 fully saturated rings. The Kier molecular flexibility index (Phi) is 3.53. The molecule has 1 heterocycles. The lowest BCUT2D eigenvalue weighted by Gasteiger charge is -2.25. The molecule has 3 heteroatoms. The summed E-state index contributed by atoms with van der Waals surface area (Å²) in [6.45, 7) is 3.12. The van der Waals surface area contributed by atoms with Crippen LogP contribution in [0.5, 0.6) is 0 Å². The van der Waals surface area contributed by atoms with Gasteiger partial charge in [0.25, 0.3) is 0 Å². The van der Waals surface area contributed by atoms with Gasteiger partial charge in [0.05, 0.1) is 5.69 Å². The molecule has 3 nitrogen and oxygen atoms in total. The van der Waals surface area contributed by atoms with Gasteiger partial charge in [-0.15, -0.1) is 0 Å². The van der Waals surface area contributed by atoms with Crippen LogP contribution >= 0.6 is 0 Å². The highest BCUT2D eigenvalue weighted by Crippen LogP contribution is 2.30. The van der Waals surface area contributed by atoms with Crippen LogP contribution in [0.25, 0.3) is 0 Å². The van der Waals surface area contributed by atoms with Crippen molar-refractivity contribution in [2.75, 3.05) is 5.32 Å². The van der Waals surface area contributed by atoms with Gasteiger partial charge >= 0.3 is 0 Å². The lowest BCUT2D eigenvalue weighted by molar-refractivity contribution is 0.283. The van der Waals surface area contributed by atoms with Crippen LogP contribution in [0.4, 0.5) is 11.6 Å². The number of rotatable bonds is 5. The van der Waals surface area contributed by atoms with Crippen molar-refractivity contribution in [1.29, 1.82) is 0 Å². The van der Waals surface area contributed by atoms with Crippen molar-refractivity contribution in [1.82, 2.24) is 9.55 Å². The molecule has 1 aromatic heterocycles. The third kappa shape index (κ3) is 2.98. The summed E-state index contributed by atoms with van der Waals surface area (Å²) in [6, 6.07) is 10.2. The zero-order valence-electron chi connectivity index (χ0n) is 11.5. The lowest BCUT2D eigenvalue weighted by Crippen LogP contribution is -2.14. The van der Waals surface area contributed by atoms with E-state index in [0.29, 0.717) is 0 Å². The molecular weight excluding hydrogens is 234 g/mol. The van der Waals surface area contributed by atoms with Crippen molar-refractivity contribution in [2.45, 2.75) is 39.2 Å². The maximum Gasteiger partial charge on any atom is 0.207 e. The second-order valence-electron chi connectivity index (χ2n) is 5.48. The molecule has 1 aliphatic carbocycles. The molecule has 0 aliphatic heterocycles. The minimum absolute atomic E-state index is 0.937. The first-order valence-electron chi connectivity index (χ1n) is 7.17. The van der Waals surface area contributed by atoms with Gasteiger partial charge in [-0.3, -0.25) is 0 Å². The van der Waals surface area contributed by atoms with E-state index in [1.807, 2.05) is 18.2 Å². The number of para-hydroxylation sites is 1. The van der Waals surface area contributed by atoms with Crippen LogP contribution in [-0.4, -0.2) is 9.55 Å². The third-order valence-electron chi connectivity index (χ3n) is 3.93. The summed E-state index contributed by atoms with van der Waals surface area (Å²) < 4.78 is 2.25. The monoisotopic (exact) mass is 255 g/mol. The van der Waals surface area contributed by atoms with Gasteiger partial charge in [-0.05, 0) is 31.4 Å². The first-order valence-corrected chi connectivity index (χ1v) is 7.17. The van der Waals surface area contributed by atoms with Gasteiger partial charge in [-0.25, -0.2) is 4.98 Å². The number of benzene rings is 1. The zero-order valence-corrected chi connectivity index (χ0v) is 11.5. The van der Waals surface area contributed by atoms with E-state index in [0.717, 1.165) is 29.8 Å². The Morgan fingerprint density at radius 2 is 2.05 bits per heavy atom. The average molecular weight is 255 g/mol. The highest BCUT2D eigenvalue weighted by atomic mass is 15.2. The van der Waals surface area contributed by atoms with Gasteiger partial charge < -0.3 is 9.88 Å². The molecule has 100 valence electrons. The molecule has 0 amide bonds. The van der Waals surface area contributed by atoms with Crippen molar-refractivity contribution in [3.8, 4) is 0 Å². The Morgan fingerprint density at radius 1 is 1.26 bits per heavy atom. The van der Waals surface area contributed by atoms with Gasteiger partial charge in [0.2, 0.25) is 5.95 Å². The van der Waals surface area contributed by atoms with Gasteiger partial charge in [0.15, 0.2) is 0 Å². The van der Waals surface area contributed by atoms with E-state index < -0.39 is 0 Å². The fourth-order valence-corrected chi connectivity index (χ4v) is 2.57. The quantitative estimate of drug-likeness (QED) is 0.870. The number of aromatic nitrogens is 2. The second-order valence-corrected chi connectivity index (χ2v) is 5.48. The van der Waals surface area contributed by atoms with E-state index >= 15 is 0 Å². The van der Waals surface area contributed by atoms with E-state index in [4.69, 9.17) is 0 Å². The van der Waals surface area contributed by atoms with E-state index in [9.17, 15) is 0 Å². The molecule has 1 aromatic carbocycles. The van der Waals surface area contributed by atoms with Crippen LogP contribution in [0.3, 0.4) is 0 Å². The topological polar surface area (TPSA) is 29.9 Å². The Hall–Kier alpha value is -1.77. The second kappa shape index (κ2) is 5.47. The number of nitrogens with zero attached hydrogens (tertiary/aromatic N) is 2. The summed E-state index contributed by atoms with van der Waals surface area (Å²) in [5.74, 6) is 1.90. The van der Waals surface area contributed by atoms with Gasteiger partial charge in [0, 0.05) is 18.4 Å². The molecule has 1 saturated carbocycles. The molecule has 1 aliphatic rings. The number of hydrogen-bond donors (Lipinski definition) is 1. The maximum absolute atomic E-state index is 4.58. The van der Waals surface area contributed by atoms with Crippen molar-refractivity contribution in [3.05, 3.63) is 42.2 Å². The molecule has 2 aromatic rings. The number of hydrogen-bond acceptors (Lipinski definition) is 2. The predicted molar refractivity (Wildman–Crippen MR) is 78.6 cm³/mol. The van der Waals surface area contributed by atoms with Crippen molar-refractivity contribution in [3.63, 3.8) is 0 Å². The fourth-order valence-electron chi connectivity index (χ4n) is 2.57. The number of imidazole rings is 1. The SMILES string of the molecule is Cc1cn(CCC2CCC2)c(Nc2ccccc2)n1. The summed E-state index contributed by atoms with van der Waals surface area (Å²) in [4.78, 5) is 4.58. The normalized spacial score (nSPS) is 15.2. The van der Waals surface area contributed by atoms with E-state index in [2.05, 4.69) is 40.1 Å². The molecule has 0 radical (unpaired) electrons. The molecule has 0 bridgehead atoms. The summed E-state index contributed by atoms with van der Waals surface area (Å²) >= 11 is 0. The molecule has 0 saturated heterocycles. The van der Waals surface area contributed by atoms with Crippen molar-refractivity contribution < 1.29 is 0 Å². The first kappa shape index (κ1) is 12.3. The molecule has 0 spiro atoms. The molecular formula is C16H21N3. The van der Waals surface area contributed by atoms with Crippen LogP contribution in [0.2, 0.25) is 0 Å². The smallest absolute Gasteiger partial charge is 0.207 e. The zero-order chi connectivity index (χ0) is 13.1. The number of nitrogens with one attached hydrogen (secondary N) is 1. The number of anilines is 2. The van der Waals surface area contributed by atoms with E-state index in [1.165, 1.54) is 25.7 Å². The standard InChI is InChI=1S/C16H21N3/c1-13-12-19(11-10-14-6-5-7-14)16(17-13)18-15-8-3-2-4-9-15/h2-4,8-9,12,14H,5-7,10-11H2,1H3,(H,17,18). The summed E-state index contributed by atoms with van der Waals surface area (Å²) in [5.41, 5.74) is 2.17. The summed E-state index contributed by atoms with van der Waals surface area (Å²) in [7, 11) is 0. The van der Waals surface area contributed by atoms with Crippen LogP contribution in [0.15, 0.2) is 36.5 Å². The Bertz CT molecular complexity index is 526. The highest BCUT2D eigenvalue weighted by Gasteiger charge is 2.17. The van der Waals surface area contributed by atoms with E-state index in [1.54, 1.807) is 0 Å². The highest BCUT2D eigenvalue weighted by molar-refractivity contribution is 5.53. The Morgan fingerprint density at radius 3 is 2.74 bits per heavy atom. The molecule has 0 unspecified atom stereocenters. The van der Waals surface area contributed by atoms with Gasteiger partial charge in [0.1, 0.15) is 0 Å². The summed E-state index contributed by atoms with van der Waals surface area (Å²) in [5, 5.41) is 3.40.